The summed E-state index contributed by atoms with van der Waals surface area (Å²) in [5.41, 5.74) is 0.231. The molecular weight excluding hydrogens is 261 g/mol. The van der Waals surface area contributed by atoms with Gasteiger partial charge in [0.2, 0.25) is 5.91 Å². The molecule has 1 amide bonds. The van der Waals surface area contributed by atoms with E-state index in [1.54, 1.807) is 0 Å². The fourth-order valence-corrected chi connectivity index (χ4v) is 1.73. The summed E-state index contributed by atoms with van der Waals surface area (Å²) in [6, 6.07) is 3.31. The highest BCUT2D eigenvalue weighted by molar-refractivity contribution is 5.91. The number of rotatable bonds is 5. The molecule has 1 aliphatic heterocycles. The van der Waals surface area contributed by atoms with Crippen molar-refractivity contribution in [2.45, 2.75) is 13.0 Å². The molecule has 1 saturated heterocycles. The Hall–Kier alpha value is -1.76. The maximum absolute atomic E-state index is 13.2. The Labute approximate surface area is 107 Å². The number of anilines is 1. The molecule has 104 valence electrons. The van der Waals surface area contributed by atoms with Crippen LogP contribution in [0.4, 0.5) is 18.9 Å². The zero-order valence-corrected chi connectivity index (χ0v) is 9.96. The van der Waals surface area contributed by atoms with E-state index in [1.807, 2.05) is 0 Å². The van der Waals surface area contributed by atoms with E-state index in [2.05, 4.69) is 15.4 Å². The molecule has 1 fully saturated rings. The van der Waals surface area contributed by atoms with E-state index >= 15 is 0 Å². The van der Waals surface area contributed by atoms with Gasteiger partial charge in [0.1, 0.15) is 0 Å². The van der Waals surface area contributed by atoms with Crippen molar-refractivity contribution in [3.05, 3.63) is 24.0 Å². The van der Waals surface area contributed by atoms with Crippen LogP contribution in [0.3, 0.4) is 0 Å². The number of benzene rings is 1. The summed E-state index contributed by atoms with van der Waals surface area (Å²) in [6.45, 7) is -1.53. The van der Waals surface area contributed by atoms with Gasteiger partial charge in [0, 0.05) is 18.2 Å². The minimum absolute atomic E-state index is 0.231. The van der Waals surface area contributed by atoms with E-state index in [0.29, 0.717) is 6.42 Å². The first-order chi connectivity index (χ1) is 9.04. The highest BCUT2D eigenvalue weighted by Gasteiger charge is 2.20. The topological polar surface area (TPSA) is 50.4 Å². The number of amides is 1. The molecule has 2 N–H and O–H groups in total. The highest BCUT2D eigenvalue weighted by atomic mass is 19.3. The van der Waals surface area contributed by atoms with Crippen LogP contribution in [0.2, 0.25) is 0 Å². The fraction of sp³-hybridized carbons (Fsp3) is 0.417. The molecule has 0 unspecified atom stereocenters. The van der Waals surface area contributed by atoms with Crippen LogP contribution in [-0.4, -0.2) is 25.6 Å². The zero-order valence-electron chi connectivity index (χ0n) is 9.96. The molecule has 1 aliphatic rings. The lowest BCUT2D eigenvalue weighted by Gasteiger charge is -2.26. The summed E-state index contributed by atoms with van der Waals surface area (Å²) in [4.78, 5) is 11.6. The number of carbonyl (C=O) groups excluding carboxylic acids is 1. The Kier molecular flexibility index (Phi) is 4.26. The average Bonchev–Trinajstić information content (AvgIpc) is 2.28. The molecule has 0 aliphatic carbocycles. The van der Waals surface area contributed by atoms with Crippen LogP contribution < -0.4 is 15.4 Å². The second kappa shape index (κ2) is 5.92. The van der Waals surface area contributed by atoms with E-state index in [0.717, 1.165) is 25.2 Å². The molecule has 0 aromatic heterocycles. The van der Waals surface area contributed by atoms with Crippen molar-refractivity contribution in [1.29, 1.82) is 0 Å². The molecule has 0 saturated carbocycles. The third-order valence-corrected chi connectivity index (χ3v) is 2.77. The van der Waals surface area contributed by atoms with Gasteiger partial charge in [0.15, 0.2) is 11.6 Å². The Morgan fingerprint density at radius 3 is 2.79 bits per heavy atom. The van der Waals surface area contributed by atoms with Crippen LogP contribution in [0, 0.1) is 11.7 Å². The molecule has 4 nitrogen and oxygen atoms in total. The standard InChI is InChI=1S/C12H13F3N2O2/c13-9-2-1-8(4-10(9)19-12(14)15)17-11(18)3-7-5-16-6-7/h1-2,4,7,12,16H,3,5-6H2,(H,17,18). The first-order valence-corrected chi connectivity index (χ1v) is 5.79. The van der Waals surface area contributed by atoms with Crippen LogP contribution >= 0.6 is 0 Å². The first kappa shape index (κ1) is 13.7. The van der Waals surface area contributed by atoms with Crippen molar-refractivity contribution in [3.63, 3.8) is 0 Å². The summed E-state index contributed by atoms with van der Waals surface area (Å²) in [6.07, 6.45) is 0.343. The van der Waals surface area contributed by atoms with Crippen LogP contribution in [0.15, 0.2) is 18.2 Å². The first-order valence-electron chi connectivity index (χ1n) is 5.79. The normalized spacial score (nSPS) is 15.2. The second-order valence-electron chi connectivity index (χ2n) is 4.30. The molecule has 0 atom stereocenters. The number of hydrogen-bond donors (Lipinski definition) is 2. The molecule has 1 aromatic carbocycles. The Morgan fingerprint density at radius 2 is 2.21 bits per heavy atom. The minimum atomic E-state index is -3.11. The summed E-state index contributed by atoms with van der Waals surface area (Å²) in [5, 5.41) is 5.56. The van der Waals surface area contributed by atoms with Crippen molar-refractivity contribution in [1.82, 2.24) is 5.32 Å². The van der Waals surface area contributed by atoms with Crippen LogP contribution in [-0.2, 0) is 4.79 Å². The number of hydrogen-bond acceptors (Lipinski definition) is 3. The van der Waals surface area contributed by atoms with Crippen LogP contribution in [0.25, 0.3) is 0 Å². The lowest BCUT2D eigenvalue weighted by Crippen LogP contribution is -2.43. The van der Waals surface area contributed by atoms with Gasteiger partial charge < -0.3 is 15.4 Å². The Morgan fingerprint density at radius 1 is 1.47 bits per heavy atom. The average molecular weight is 274 g/mol. The molecular formula is C12H13F3N2O2. The SMILES string of the molecule is O=C(CC1CNC1)Nc1ccc(F)c(OC(F)F)c1. The van der Waals surface area contributed by atoms with Crippen molar-refractivity contribution in [2.24, 2.45) is 5.92 Å². The van der Waals surface area contributed by atoms with Gasteiger partial charge in [-0.15, -0.1) is 0 Å². The van der Waals surface area contributed by atoms with Gasteiger partial charge in [0.25, 0.3) is 0 Å². The van der Waals surface area contributed by atoms with Crippen molar-refractivity contribution in [3.8, 4) is 5.75 Å². The fourth-order valence-electron chi connectivity index (χ4n) is 1.73. The van der Waals surface area contributed by atoms with E-state index in [4.69, 9.17) is 0 Å². The maximum Gasteiger partial charge on any atom is 0.387 e. The van der Waals surface area contributed by atoms with E-state index < -0.39 is 18.2 Å². The number of carbonyl (C=O) groups is 1. The molecule has 0 bridgehead atoms. The van der Waals surface area contributed by atoms with Crippen LogP contribution in [0.1, 0.15) is 6.42 Å². The summed E-state index contributed by atoms with van der Waals surface area (Å²) >= 11 is 0. The number of halogens is 3. The van der Waals surface area contributed by atoms with Gasteiger partial charge in [-0.2, -0.15) is 8.78 Å². The van der Waals surface area contributed by atoms with E-state index in [1.165, 1.54) is 6.07 Å². The largest absolute Gasteiger partial charge is 0.432 e. The third-order valence-electron chi connectivity index (χ3n) is 2.77. The van der Waals surface area contributed by atoms with Gasteiger partial charge >= 0.3 is 6.61 Å². The summed E-state index contributed by atoms with van der Waals surface area (Å²) in [5.74, 6) is -1.43. The van der Waals surface area contributed by atoms with E-state index in [-0.39, 0.29) is 17.5 Å². The zero-order chi connectivity index (χ0) is 13.8. The van der Waals surface area contributed by atoms with Gasteiger partial charge in [-0.05, 0) is 31.1 Å². The van der Waals surface area contributed by atoms with E-state index in [9.17, 15) is 18.0 Å². The number of ether oxygens (including phenoxy) is 1. The van der Waals surface area contributed by atoms with Crippen molar-refractivity contribution in [2.75, 3.05) is 18.4 Å². The summed E-state index contributed by atoms with van der Waals surface area (Å²) in [7, 11) is 0. The summed E-state index contributed by atoms with van der Waals surface area (Å²) < 4.78 is 41.2. The quantitative estimate of drug-likeness (QED) is 0.863. The molecule has 7 heteroatoms. The monoisotopic (exact) mass is 274 g/mol. The molecule has 2 rings (SSSR count). The predicted octanol–water partition coefficient (Wildman–Crippen LogP) is 1.98. The van der Waals surface area contributed by atoms with Crippen LogP contribution in [0.5, 0.6) is 5.75 Å². The molecule has 1 aromatic rings. The lowest BCUT2D eigenvalue weighted by atomic mass is 9.99. The number of nitrogens with one attached hydrogen (secondary N) is 2. The lowest BCUT2D eigenvalue weighted by molar-refractivity contribution is -0.117. The van der Waals surface area contributed by atoms with Crippen molar-refractivity contribution >= 4 is 11.6 Å². The predicted molar refractivity (Wildman–Crippen MR) is 62.6 cm³/mol. The van der Waals surface area contributed by atoms with Gasteiger partial charge in [-0.1, -0.05) is 0 Å². The van der Waals surface area contributed by atoms with Gasteiger partial charge in [-0.3, -0.25) is 4.79 Å². The maximum atomic E-state index is 13.2. The number of alkyl halides is 2. The Bertz CT molecular complexity index is 464. The Balaban J connectivity index is 1.97. The van der Waals surface area contributed by atoms with Gasteiger partial charge in [0.05, 0.1) is 0 Å². The smallest absolute Gasteiger partial charge is 0.387 e. The second-order valence-corrected chi connectivity index (χ2v) is 4.30. The van der Waals surface area contributed by atoms with Gasteiger partial charge in [-0.25, -0.2) is 4.39 Å². The minimum Gasteiger partial charge on any atom is -0.432 e. The third kappa shape index (κ3) is 3.85. The molecule has 0 radical (unpaired) electrons. The highest BCUT2D eigenvalue weighted by Crippen LogP contribution is 2.24. The van der Waals surface area contributed by atoms with Crippen molar-refractivity contribution < 1.29 is 22.7 Å². The molecule has 19 heavy (non-hydrogen) atoms. The molecule has 0 spiro atoms. The molecule has 1 heterocycles.